The van der Waals surface area contributed by atoms with Gasteiger partial charge in [0, 0.05) is 19.0 Å². The van der Waals surface area contributed by atoms with Crippen LogP contribution in [0.4, 0.5) is 0 Å². The average molecular weight is 367 g/mol. The minimum Gasteiger partial charge on any atom is -0.354 e. The Morgan fingerprint density at radius 3 is 2.56 bits per heavy atom. The molecule has 0 radical (unpaired) electrons. The Bertz CT molecular complexity index is 659. The van der Waals surface area contributed by atoms with Gasteiger partial charge in [0.1, 0.15) is 6.04 Å². The third kappa shape index (κ3) is 5.05. The Labute approximate surface area is 151 Å². The molecule has 5 nitrogen and oxygen atoms in total. The van der Waals surface area contributed by atoms with Gasteiger partial charge in [-0.1, -0.05) is 51.1 Å². The molecule has 0 aliphatic carbocycles. The van der Waals surface area contributed by atoms with E-state index in [9.17, 15) is 13.2 Å². The molecule has 140 valence electrons. The number of benzene rings is 1. The molecular weight excluding hydrogens is 336 g/mol. The maximum absolute atomic E-state index is 12.6. The van der Waals surface area contributed by atoms with Crippen LogP contribution in [0.15, 0.2) is 30.3 Å². The fraction of sp³-hybridized carbons (Fsp3) is 0.632. The average Bonchev–Trinajstić information content (AvgIpc) is 3.06. The largest absolute Gasteiger partial charge is 0.354 e. The lowest BCUT2D eigenvalue weighted by molar-refractivity contribution is -0.124. The van der Waals surface area contributed by atoms with E-state index in [0.717, 1.165) is 6.42 Å². The van der Waals surface area contributed by atoms with Crippen molar-refractivity contribution in [2.75, 3.05) is 18.8 Å². The van der Waals surface area contributed by atoms with Gasteiger partial charge in [-0.15, -0.1) is 0 Å². The molecule has 1 aromatic carbocycles. The summed E-state index contributed by atoms with van der Waals surface area (Å²) in [5.74, 6) is 0.535. The zero-order valence-electron chi connectivity index (χ0n) is 15.4. The zero-order valence-corrected chi connectivity index (χ0v) is 16.3. The number of nitrogens with one attached hydrogen (secondary N) is 1. The minimum atomic E-state index is -3.34. The van der Waals surface area contributed by atoms with E-state index in [1.807, 2.05) is 25.1 Å². The Morgan fingerprint density at radius 2 is 1.96 bits per heavy atom. The first-order chi connectivity index (χ1) is 11.9. The van der Waals surface area contributed by atoms with Crippen molar-refractivity contribution in [3.63, 3.8) is 0 Å². The minimum absolute atomic E-state index is 0.107. The maximum Gasteiger partial charge on any atom is 0.238 e. The van der Waals surface area contributed by atoms with Crippen LogP contribution in [-0.2, 0) is 14.8 Å². The predicted octanol–water partition coefficient (Wildman–Crippen LogP) is 2.75. The molecule has 1 N–H and O–H groups in total. The lowest BCUT2D eigenvalue weighted by atomic mass is 9.88. The standard InChI is InChI=1S/C19H30N2O3S/c1-4-13-25(23,24)21-12-8-11-18(21)19(22)20-14-17(15(2)3)16-9-6-5-7-10-16/h5-7,9-10,15,17-18H,4,8,11-14H2,1-3H3,(H,20,22). The van der Waals surface area contributed by atoms with Crippen molar-refractivity contribution in [1.82, 2.24) is 9.62 Å². The molecule has 0 aromatic heterocycles. The Balaban J connectivity index is 2.03. The topological polar surface area (TPSA) is 66.5 Å². The van der Waals surface area contributed by atoms with Gasteiger partial charge in [-0.05, 0) is 30.7 Å². The summed E-state index contributed by atoms with van der Waals surface area (Å²) in [7, 11) is -3.34. The van der Waals surface area contributed by atoms with Gasteiger partial charge in [0.2, 0.25) is 15.9 Å². The number of amides is 1. The summed E-state index contributed by atoms with van der Waals surface area (Å²) in [6.07, 6.45) is 1.91. The molecule has 1 amide bonds. The summed E-state index contributed by atoms with van der Waals surface area (Å²) < 4.78 is 26.1. The van der Waals surface area contributed by atoms with E-state index in [-0.39, 0.29) is 17.6 Å². The molecule has 1 saturated heterocycles. The van der Waals surface area contributed by atoms with E-state index >= 15 is 0 Å². The quantitative estimate of drug-likeness (QED) is 0.769. The van der Waals surface area contributed by atoms with Gasteiger partial charge in [-0.2, -0.15) is 4.31 Å². The van der Waals surface area contributed by atoms with E-state index in [1.54, 1.807) is 0 Å². The van der Waals surface area contributed by atoms with E-state index in [2.05, 4.69) is 31.3 Å². The van der Waals surface area contributed by atoms with Gasteiger partial charge >= 0.3 is 0 Å². The number of sulfonamides is 1. The first-order valence-electron chi connectivity index (χ1n) is 9.19. The molecule has 2 atom stereocenters. The Kier molecular flexibility index (Phi) is 7.02. The third-order valence-electron chi connectivity index (χ3n) is 4.85. The molecule has 1 aliphatic rings. The number of hydrogen-bond donors (Lipinski definition) is 1. The highest BCUT2D eigenvalue weighted by Crippen LogP contribution is 2.25. The highest BCUT2D eigenvalue weighted by atomic mass is 32.2. The fourth-order valence-corrected chi connectivity index (χ4v) is 5.22. The van der Waals surface area contributed by atoms with Gasteiger partial charge in [-0.25, -0.2) is 8.42 Å². The number of carbonyl (C=O) groups is 1. The van der Waals surface area contributed by atoms with E-state index in [1.165, 1.54) is 9.87 Å². The van der Waals surface area contributed by atoms with Crippen LogP contribution in [0.1, 0.15) is 51.5 Å². The van der Waals surface area contributed by atoms with Gasteiger partial charge in [-0.3, -0.25) is 4.79 Å². The Morgan fingerprint density at radius 1 is 1.28 bits per heavy atom. The van der Waals surface area contributed by atoms with Crippen LogP contribution < -0.4 is 5.32 Å². The molecule has 1 aromatic rings. The summed E-state index contributed by atoms with van der Waals surface area (Å²) >= 11 is 0. The molecule has 6 heteroatoms. The van der Waals surface area contributed by atoms with Gasteiger partial charge in [0.25, 0.3) is 0 Å². The molecule has 1 fully saturated rings. The summed E-state index contributed by atoms with van der Waals surface area (Å²) in [6, 6.07) is 9.58. The van der Waals surface area contributed by atoms with Crippen LogP contribution in [0.2, 0.25) is 0 Å². The highest BCUT2D eigenvalue weighted by Gasteiger charge is 2.38. The van der Waals surface area contributed by atoms with Crippen molar-refractivity contribution in [2.45, 2.75) is 52.0 Å². The van der Waals surface area contributed by atoms with Crippen LogP contribution in [0.25, 0.3) is 0 Å². The fourth-order valence-electron chi connectivity index (χ4n) is 3.48. The van der Waals surface area contributed by atoms with Gasteiger partial charge in [0.15, 0.2) is 0 Å². The normalized spacial score (nSPS) is 19.9. The molecule has 25 heavy (non-hydrogen) atoms. The number of hydrogen-bond acceptors (Lipinski definition) is 3. The van der Waals surface area contributed by atoms with Crippen molar-refractivity contribution in [3.05, 3.63) is 35.9 Å². The first kappa shape index (κ1) is 19.9. The van der Waals surface area contributed by atoms with E-state index in [4.69, 9.17) is 0 Å². The predicted molar refractivity (Wildman–Crippen MR) is 101 cm³/mol. The van der Waals surface area contributed by atoms with Gasteiger partial charge in [0.05, 0.1) is 5.75 Å². The molecule has 1 heterocycles. The molecule has 0 saturated carbocycles. The molecule has 2 unspecified atom stereocenters. The molecule has 2 rings (SSSR count). The van der Waals surface area contributed by atoms with Crippen molar-refractivity contribution < 1.29 is 13.2 Å². The van der Waals surface area contributed by atoms with Crippen molar-refractivity contribution in [3.8, 4) is 0 Å². The molecule has 0 spiro atoms. The summed E-state index contributed by atoms with van der Waals surface area (Å²) in [6.45, 7) is 7.09. The smallest absolute Gasteiger partial charge is 0.238 e. The van der Waals surface area contributed by atoms with E-state index in [0.29, 0.717) is 31.8 Å². The number of carbonyl (C=O) groups excluding carboxylic acids is 1. The van der Waals surface area contributed by atoms with Crippen LogP contribution in [0.3, 0.4) is 0 Å². The second-order valence-electron chi connectivity index (χ2n) is 7.09. The van der Waals surface area contributed by atoms with Crippen LogP contribution in [-0.4, -0.2) is 43.5 Å². The molecule has 1 aliphatic heterocycles. The summed E-state index contributed by atoms with van der Waals surface area (Å²) in [5, 5.41) is 3.00. The third-order valence-corrected chi connectivity index (χ3v) is 6.93. The highest BCUT2D eigenvalue weighted by molar-refractivity contribution is 7.89. The summed E-state index contributed by atoms with van der Waals surface area (Å²) in [5.41, 5.74) is 1.19. The second kappa shape index (κ2) is 8.81. The SMILES string of the molecule is CCCS(=O)(=O)N1CCCC1C(=O)NCC(c1ccccc1)C(C)C. The lowest BCUT2D eigenvalue weighted by Gasteiger charge is -2.26. The zero-order chi connectivity index (χ0) is 18.4. The summed E-state index contributed by atoms with van der Waals surface area (Å²) in [4.78, 5) is 12.6. The molecular formula is C19H30N2O3S. The van der Waals surface area contributed by atoms with Crippen LogP contribution in [0.5, 0.6) is 0 Å². The monoisotopic (exact) mass is 366 g/mol. The van der Waals surface area contributed by atoms with Crippen molar-refractivity contribution in [1.29, 1.82) is 0 Å². The van der Waals surface area contributed by atoms with Crippen molar-refractivity contribution >= 4 is 15.9 Å². The maximum atomic E-state index is 12.6. The lowest BCUT2D eigenvalue weighted by Crippen LogP contribution is -2.47. The molecule has 0 bridgehead atoms. The van der Waals surface area contributed by atoms with E-state index < -0.39 is 16.1 Å². The Hall–Kier alpha value is -1.40. The second-order valence-corrected chi connectivity index (χ2v) is 9.13. The number of nitrogens with zero attached hydrogens (tertiary/aromatic N) is 1. The van der Waals surface area contributed by atoms with Crippen LogP contribution >= 0.6 is 0 Å². The number of rotatable bonds is 8. The van der Waals surface area contributed by atoms with Gasteiger partial charge < -0.3 is 5.32 Å². The van der Waals surface area contributed by atoms with Crippen molar-refractivity contribution in [2.24, 2.45) is 5.92 Å². The first-order valence-corrected chi connectivity index (χ1v) is 10.8. The van der Waals surface area contributed by atoms with Crippen LogP contribution in [0, 0.1) is 5.92 Å².